The minimum absolute atomic E-state index is 0.157. The summed E-state index contributed by atoms with van der Waals surface area (Å²) in [6, 6.07) is 9.03. The van der Waals surface area contributed by atoms with Gasteiger partial charge in [-0.2, -0.15) is 5.10 Å². The number of imidazole rings is 1. The molecule has 51 heavy (non-hydrogen) atoms. The Morgan fingerprint density at radius 2 is 1.86 bits per heavy atom. The smallest absolute Gasteiger partial charge is 0.410 e. The Morgan fingerprint density at radius 3 is 2.55 bits per heavy atom. The van der Waals surface area contributed by atoms with Crippen LogP contribution < -0.4 is 10.2 Å². The van der Waals surface area contributed by atoms with Gasteiger partial charge in [-0.25, -0.2) is 19.2 Å². The zero-order valence-electron chi connectivity index (χ0n) is 28.4. The predicted molar refractivity (Wildman–Crippen MR) is 197 cm³/mol. The third-order valence-electron chi connectivity index (χ3n) is 10.00. The van der Waals surface area contributed by atoms with Gasteiger partial charge in [-0.15, -0.1) is 11.3 Å². The number of thiazole rings is 1. The molecule has 5 aromatic rings. The predicted octanol–water partition coefficient (Wildman–Crippen LogP) is 7.62. The molecule has 1 N–H and O–H groups in total. The Kier molecular flexibility index (Phi) is 8.50. The molecule has 2 amide bonds. The van der Waals surface area contributed by atoms with Gasteiger partial charge in [0.2, 0.25) is 0 Å². The molecule has 8 rings (SSSR count). The van der Waals surface area contributed by atoms with Crippen molar-refractivity contribution in [2.75, 3.05) is 36.4 Å². The van der Waals surface area contributed by atoms with Gasteiger partial charge in [-0.05, 0) is 57.4 Å². The Hall–Kier alpha value is -4.20. The van der Waals surface area contributed by atoms with E-state index in [-0.39, 0.29) is 24.5 Å². The van der Waals surface area contributed by atoms with E-state index in [1.54, 1.807) is 28.7 Å². The normalized spacial score (nSPS) is 18.9. The fraction of sp³-hybridized carbons (Fsp3) is 0.417. The molecule has 0 aliphatic carbocycles. The number of piperidine rings is 1. The van der Waals surface area contributed by atoms with Gasteiger partial charge in [-0.3, -0.25) is 14.8 Å². The zero-order valence-corrected chi connectivity index (χ0v) is 30.7. The number of alkyl halides is 1. The Labute approximate surface area is 308 Å². The van der Waals surface area contributed by atoms with Gasteiger partial charge < -0.3 is 19.1 Å². The second-order valence-electron chi connectivity index (χ2n) is 14.7. The lowest BCUT2D eigenvalue weighted by Gasteiger charge is -2.55. The van der Waals surface area contributed by atoms with Crippen molar-refractivity contribution < 1.29 is 18.7 Å². The van der Waals surface area contributed by atoms with E-state index in [0.29, 0.717) is 56.1 Å². The van der Waals surface area contributed by atoms with Crippen LogP contribution in [0, 0.1) is 5.41 Å². The molecular weight excluding hydrogens is 714 g/mol. The van der Waals surface area contributed by atoms with E-state index in [4.69, 9.17) is 33.0 Å². The molecular formula is C36H37Cl2FN8O3S. The molecule has 6 heterocycles. The Bertz CT molecular complexity index is 2110. The van der Waals surface area contributed by atoms with Crippen LogP contribution in [0.3, 0.4) is 0 Å². The van der Waals surface area contributed by atoms with E-state index < -0.39 is 23.7 Å². The molecule has 0 saturated carbocycles. The number of carbonyl (C=O) groups is 2. The number of ether oxygens (including phenoxy) is 1. The molecule has 266 valence electrons. The summed E-state index contributed by atoms with van der Waals surface area (Å²) in [6.07, 6.45) is 5.63. The number of fused-ring (bicyclic) bond motifs is 2. The number of amides is 2. The van der Waals surface area contributed by atoms with Crippen LogP contribution in [0.25, 0.3) is 22.0 Å². The number of hydrogen-bond donors (Lipinski definition) is 1. The first-order valence-corrected chi connectivity index (χ1v) is 18.6. The van der Waals surface area contributed by atoms with Crippen molar-refractivity contribution in [2.24, 2.45) is 5.41 Å². The van der Waals surface area contributed by atoms with Crippen LogP contribution in [0.1, 0.15) is 51.0 Å². The molecule has 2 fully saturated rings. The summed E-state index contributed by atoms with van der Waals surface area (Å²) in [7, 11) is 0. The maximum absolute atomic E-state index is 14.4. The van der Waals surface area contributed by atoms with E-state index in [9.17, 15) is 14.0 Å². The first-order valence-electron chi connectivity index (χ1n) is 16.9. The van der Waals surface area contributed by atoms with E-state index in [1.807, 2.05) is 43.9 Å². The molecule has 0 bridgehead atoms. The first-order chi connectivity index (χ1) is 24.4. The van der Waals surface area contributed by atoms with Crippen LogP contribution in [0.15, 0.2) is 54.4 Å². The average molecular weight is 752 g/mol. The second-order valence-corrected chi connectivity index (χ2v) is 16.4. The topological polar surface area (TPSA) is 110 Å². The van der Waals surface area contributed by atoms with Gasteiger partial charge in [0.05, 0.1) is 28.6 Å². The molecule has 11 nitrogen and oxygen atoms in total. The highest BCUT2D eigenvalue weighted by atomic mass is 35.5. The first kappa shape index (κ1) is 33.9. The van der Waals surface area contributed by atoms with Gasteiger partial charge in [0.25, 0.3) is 5.91 Å². The largest absolute Gasteiger partial charge is 0.444 e. The number of benzene rings is 2. The molecule has 2 atom stereocenters. The number of hydrogen-bond acceptors (Lipinski definition) is 8. The van der Waals surface area contributed by atoms with Crippen LogP contribution in [0.4, 0.5) is 20.0 Å². The van der Waals surface area contributed by atoms with E-state index in [2.05, 4.69) is 32.3 Å². The number of aromatic nitrogens is 5. The number of carbonyl (C=O) groups excluding carboxylic acids is 2. The van der Waals surface area contributed by atoms with Crippen LogP contribution in [0.2, 0.25) is 10.0 Å². The fourth-order valence-corrected chi connectivity index (χ4v) is 8.50. The lowest BCUT2D eigenvalue weighted by molar-refractivity contribution is -0.118. The highest BCUT2D eigenvalue weighted by molar-refractivity contribution is 7.13. The molecule has 3 aliphatic rings. The lowest BCUT2D eigenvalue weighted by Crippen LogP contribution is -2.61. The SMILES string of the molecule is CC(C)(C)OC(=O)N1CCC2(CC1)CN(c1ccc(-c3cc(Cl)c4cn(C(C(=O)Nc5nccs5)c5ncn6c5C[C@@H](F)C6)nc4c3Cl)cc1)C2. The lowest BCUT2D eigenvalue weighted by atomic mass is 9.72. The Balaban J connectivity index is 1.01. The molecule has 2 aromatic carbocycles. The van der Waals surface area contributed by atoms with E-state index in [1.165, 1.54) is 16.0 Å². The fourth-order valence-electron chi connectivity index (χ4n) is 7.42. The number of nitrogens with zero attached hydrogens (tertiary/aromatic N) is 7. The van der Waals surface area contributed by atoms with Crippen molar-refractivity contribution in [3.05, 3.63) is 75.9 Å². The number of anilines is 2. The van der Waals surface area contributed by atoms with Crippen molar-refractivity contribution in [3.63, 3.8) is 0 Å². The number of halogens is 3. The van der Waals surface area contributed by atoms with Crippen molar-refractivity contribution >= 4 is 68.3 Å². The third-order valence-corrected chi connectivity index (χ3v) is 11.4. The van der Waals surface area contributed by atoms with Crippen molar-refractivity contribution in [1.29, 1.82) is 0 Å². The van der Waals surface area contributed by atoms with Gasteiger partial charge in [0, 0.05) is 78.1 Å². The summed E-state index contributed by atoms with van der Waals surface area (Å²) in [4.78, 5) is 39.2. The summed E-state index contributed by atoms with van der Waals surface area (Å²) < 4.78 is 23.2. The molecule has 1 unspecified atom stereocenters. The second kappa shape index (κ2) is 12.8. The molecule has 15 heteroatoms. The molecule has 1 spiro atoms. The minimum atomic E-state index is -1.05. The van der Waals surface area contributed by atoms with Crippen LogP contribution in [-0.4, -0.2) is 79.2 Å². The third kappa shape index (κ3) is 6.44. The average Bonchev–Trinajstić information content (AvgIpc) is 3.88. The summed E-state index contributed by atoms with van der Waals surface area (Å²) in [5.41, 5.74) is 3.92. The van der Waals surface area contributed by atoms with Crippen LogP contribution in [-0.2, 0) is 22.5 Å². The minimum Gasteiger partial charge on any atom is -0.444 e. The van der Waals surface area contributed by atoms with Crippen LogP contribution >= 0.6 is 34.5 Å². The quantitative estimate of drug-likeness (QED) is 0.190. The maximum atomic E-state index is 14.4. The summed E-state index contributed by atoms with van der Waals surface area (Å²) in [5, 5.41) is 11.3. The number of nitrogens with one attached hydrogen (secondary N) is 1. The standard InChI is InChI=1S/C36H37Cl2FN8O3S/c1-35(2,3)50-34(49)44-11-8-36(9-12-44)18-46(19-36)23-6-4-21(5-7-23)24-15-26(37)25-17-47(43-29(25)28(24)38)31(32(48)42-33-40-10-13-51-33)30-27-14-22(39)16-45(27)20-41-30/h4-7,10,13,15,17,20,22,31H,8-9,11-12,14,16,18-19H2,1-3H3,(H,40,42,48)/t22-,31?/m1/s1. The highest BCUT2D eigenvalue weighted by Crippen LogP contribution is 2.44. The highest BCUT2D eigenvalue weighted by Gasteiger charge is 2.46. The van der Waals surface area contributed by atoms with Crippen molar-refractivity contribution in [2.45, 2.75) is 64.4 Å². The zero-order chi connectivity index (χ0) is 35.7. The van der Waals surface area contributed by atoms with Gasteiger partial charge >= 0.3 is 6.09 Å². The summed E-state index contributed by atoms with van der Waals surface area (Å²) in [5.74, 6) is -0.411. The molecule has 2 saturated heterocycles. The monoisotopic (exact) mass is 750 g/mol. The summed E-state index contributed by atoms with van der Waals surface area (Å²) >= 11 is 15.2. The molecule has 3 aromatic heterocycles. The molecule has 0 radical (unpaired) electrons. The van der Waals surface area contributed by atoms with Gasteiger partial charge in [0.15, 0.2) is 11.2 Å². The van der Waals surface area contributed by atoms with Gasteiger partial charge in [-0.1, -0.05) is 35.3 Å². The summed E-state index contributed by atoms with van der Waals surface area (Å²) in [6.45, 7) is 9.15. The molecule has 3 aliphatic heterocycles. The van der Waals surface area contributed by atoms with Gasteiger partial charge in [0.1, 0.15) is 17.3 Å². The maximum Gasteiger partial charge on any atom is 0.410 e. The van der Waals surface area contributed by atoms with Crippen LogP contribution in [0.5, 0.6) is 0 Å². The number of rotatable bonds is 6. The van der Waals surface area contributed by atoms with E-state index in [0.717, 1.165) is 37.2 Å². The van der Waals surface area contributed by atoms with E-state index >= 15 is 0 Å². The van der Waals surface area contributed by atoms with Crippen molar-refractivity contribution in [1.82, 2.24) is 29.2 Å². The number of likely N-dealkylation sites (tertiary alicyclic amines) is 1. The Morgan fingerprint density at radius 1 is 1.12 bits per heavy atom. The van der Waals surface area contributed by atoms with Crippen molar-refractivity contribution in [3.8, 4) is 11.1 Å².